The van der Waals surface area contributed by atoms with Crippen LogP contribution in [0.2, 0.25) is 0 Å². The summed E-state index contributed by atoms with van der Waals surface area (Å²) in [4.78, 5) is 26.9. The molecule has 0 radical (unpaired) electrons. The summed E-state index contributed by atoms with van der Waals surface area (Å²) < 4.78 is 0. The van der Waals surface area contributed by atoms with Gasteiger partial charge in [0.1, 0.15) is 6.04 Å². The number of carboxylic acids is 1. The van der Waals surface area contributed by atoms with Crippen molar-refractivity contribution in [1.29, 1.82) is 0 Å². The van der Waals surface area contributed by atoms with Gasteiger partial charge >= 0.3 is 12.0 Å². The number of hydrogen-bond acceptors (Lipinski definition) is 3. The second-order valence-electron chi connectivity index (χ2n) is 5.46. The summed E-state index contributed by atoms with van der Waals surface area (Å²) in [5, 5.41) is 9.11. The van der Waals surface area contributed by atoms with E-state index in [9.17, 15) is 9.59 Å². The third-order valence-corrected chi connectivity index (χ3v) is 5.42. The summed E-state index contributed by atoms with van der Waals surface area (Å²) in [6.45, 7) is 1.66. The molecule has 5 nitrogen and oxygen atoms in total. The number of carbonyl (C=O) groups excluding carboxylic acids is 1. The van der Waals surface area contributed by atoms with Crippen molar-refractivity contribution in [3.63, 3.8) is 0 Å². The quantitative estimate of drug-likeness (QED) is 0.780. The second kappa shape index (κ2) is 4.64. The Balaban J connectivity index is 1.66. The van der Waals surface area contributed by atoms with Crippen LogP contribution in [0.1, 0.15) is 19.3 Å². The lowest BCUT2D eigenvalue weighted by Gasteiger charge is -2.27. The van der Waals surface area contributed by atoms with Gasteiger partial charge in [0.2, 0.25) is 0 Å². The molecule has 3 aliphatic rings. The number of fused-ring (bicyclic) bond motifs is 1. The highest BCUT2D eigenvalue weighted by Gasteiger charge is 2.42. The fourth-order valence-corrected chi connectivity index (χ4v) is 4.55. The van der Waals surface area contributed by atoms with Crippen LogP contribution in [0.4, 0.5) is 4.79 Å². The molecule has 2 amide bonds. The molecule has 2 saturated heterocycles. The van der Waals surface area contributed by atoms with Crippen LogP contribution < -0.4 is 0 Å². The maximum atomic E-state index is 12.4. The number of amides is 2. The van der Waals surface area contributed by atoms with E-state index in [0.717, 1.165) is 13.1 Å². The minimum atomic E-state index is -0.882. The molecule has 3 unspecified atom stereocenters. The van der Waals surface area contributed by atoms with Gasteiger partial charge in [-0.25, -0.2) is 9.59 Å². The largest absolute Gasteiger partial charge is 0.480 e. The number of carbonyl (C=O) groups is 2. The summed E-state index contributed by atoms with van der Waals surface area (Å²) in [7, 11) is 0. The first-order valence-corrected chi connectivity index (χ1v) is 7.68. The van der Waals surface area contributed by atoms with Crippen molar-refractivity contribution in [2.75, 3.05) is 24.7 Å². The number of likely N-dealkylation sites (tertiary alicyclic amines) is 1. The Morgan fingerprint density at radius 2 is 1.83 bits per heavy atom. The van der Waals surface area contributed by atoms with Crippen LogP contribution in [0, 0.1) is 11.8 Å². The minimum Gasteiger partial charge on any atom is -0.480 e. The number of aliphatic carboxylic acids is 1. The Morgan fingerprint density at radius 1 is 1.17 bits per heavy atom. The molecule has 0 spiro atoms. The predicted octanol–water partition coefficient (Wildman–Crippen LogP) is 1.30. The van der Waals surface area contributed by atoms with Gasteiger partial charge in [-0.3, -0.25) is 0 Å². The Morgan fingerprint density at radius 3 is 2.44 bits per heavy atom. The number of carboxylic acid groups (broad SMARTS) is 1. The maximum absolute atomic E-state index is 12.4. The Labute approximate surface area is 110 Å². The van der Waals surface area contributed by atoms with Gasteiger partial charge in [0.05, 0.1) is 5.88 Å². The summed E-state index contributed by atoms with van der Waals surface area (Å²) in [5.74, 6) is 1.47. The molecule has 0 aromatic carbocycles. The number of urea groups is 1. The van der Waals surface area contributed by atoms with Gasteiger partial charge in [0.15, 0.2) is 0 Å². The molecule has 3 atom stereocenters. The molecule has 1 N–H and O–H groups in total. The van der Waals surface area contributed by atoms with E-state index in [0.29, 0.717) is 23.5 Å². The third kappa shape index (κ3) is 1.96. The van der Waals surface area contributed by atoms with Crippen molar-refractivity contribution in [2.45, 2.75) is 25.3 Å². The van der Waals surface area contributed by atoms with Gasteiger partial charge in [-0.15, -0.1) is 11.8 Å². The molecule has 0 aromatic rings. The molecule has 0 aromatic heterocycles. The van der Waals surface area contributed by atoms with Gasteiger partial charge in [-0.2, -0.15) is 0 Å². The Bertz CT molecular complexity index is 364. The lowest BCUT2D eigenvalue weighted by atomic mass is 10.0. The molecule has 2 heterocycles. The van der Waals surface area contributed by atoms with E-state index in [2.05, 4.69) is 0 Å². The summed E-state index contributed by atoms with van der Waals surface area (Å²) in [5.41, 5.74) is 0. The van der Waals surface area contributed by atoms with Gasteiger partial charge in [-0.05, 0) is 24.7 Å². The van der Waals surface area contributed by atoms with E-state index >= 15 is 0 Å². The Hall–Kier alpha value is -0.910. The Kier molecular flexibility index (Phi) is 3.13. The highest BCUT2D eigenvalue weighted by atomic mass is 32.2. The standard InChI is InChI=1S/C12H18N2O3S/c15-11(16)10-6-18-7-14(10)12(17)13-4-8-2-1-3-9(8)5-13/h8-10H,1-7H2,(H,15,16). The van der Waals surface area contributed by atoms with Gasteiger partial charge < -0.3 is 14.9 Å². The van der Waals surface area contributed by atoms with E-state index in [1.807, 2.05) is 4.90 Å². The highest BCUT2D eigenvalue weighted by Crippen LogP contribution is 2.38. The second-order valence-corrected chi connectivity index (χ2v) is 6.46. The zero-order valence-electron chi connectivity index (χ0n) is 10.2. The predicted molar refractivity (Wildman–Crippen MR) is 68.4 cm³/mol. The van der Waals surface area contributed by atoms with Crippen molar-refractivity contribution in [2.24, 2.45) is 11.8 Å². The highest BCUT2D eigenvalue weighted by molar-refractivity contribution is 7.99. The van der Waals surface area contributed by atoms with Crippen molar-refractivity contribution in [3.8, 4) is 0 Å². The topological polar surface area (TPSA) is 60.9 Å². The number of thioether (sulfide) groups is 1. The monoisotopic (exact) mass is 270 g/mol. The molecule has 0 bridgehead atoms. The number of nitrogens with zero attached hydrogens (tertiary/aromatic N) is 2. The van der Waals surface area contributed by atoms with Crippen LogP contribution in [0.3, 0.4) is 0 Å². The van der Waals surface area contributed by atoms with E-state index in [-0.39, 0.29) is 6.03 Å². The van der Waals surface area contributed by atoms with Gasteiger partial charge in [0, 0.05) is 18.8 Å². The first-order chi connectivity index (χ1) is 8.66. The molecule has 100 valence electrons. The number of rotatable bonds is 1. The van der Waals surface area contributed by atoms with Crippen molar-refractivity contribution in [3.05, 3.63) is 0 Å². The van der Waals surface area contributed by atoms with Crippen molar-refractivity contribution < 1.29 is 14.7 Å². The molecule has 3 fully saturated rings. The first-order valence-electron chi connectivity index (χ1n) is 6.53. The van der Waals surface area contributed by atoms with Crippen molar-refractivity contribution >= 4 is 23.8 Å². The molecular weight excluding hydrogens is 252 g/mol. The average molecular weight is 270 g/mol. The smallest absolute Gasteiger partial charge is 0.327 e. The first kappa shape index (κ1) is 12.1. The van der Waals surface area contributed by atoms with Crippen molar-refractivity contribution in [1.82, 2.24) is 9.80 Å². The van der Waals surface area contributed by atoms with Crippen LogP contribution in [-0.2, 0) is 4.79 Å². The molecule has 6 heteroatoms. The summed E-state index contributed by atoms with van der Waals surface area (Å²) in [6.07, 6.45) is 3.74. The van der Waals surface area contributed by atoms with Crippen LogP contribution >= 0.6 is 11.8 Å². The van der Waals surface area contributed by atoms with Crippen LogP contribution in [0.5, 0.6) is 0 Å². The normalized spacial score (nSPS) is 35.0. The van der Waals surface area contributed by atoms with Crippen LogP contribution in [0.15, 0.2) is 0 Å². The lowest BCUT2D eigenvalue weighted by Crippen LogP contribution is -2.48. The van der Waals surface area contributed by atoms with E-state index in [4.69, 9.17) is 5.11 Å². The van der Waals surface area contributed by atoms with E-state index in [1.54, 1.807) is 0 Å². The van der Waals surface area contributed by atoms with Gasteiger partial charge in [0.25, 0.3) is 0 Å². The van der Waals surface area contributed by atoms with E-state index < -0.39 is 12.0 Å². The molecule has 18 heavy (non-hydrogen) atoms. The molecule has 1 aliphatic carbocycles. The third-order valence-electron chi connectivity index (χ3n) is 4.41. The SMILES string of the molecule is O=C(O)C1CSCN1C(=O)N1CC2CCCC2C1. The number of hydrogen-bond donors (Lipinski definition) is 1. The van der Waals surface area contributed by atoms with Crippen LogP contribution in [0.25, 0.3) is 0 Å². The summed E-state index contributed by atoms with van der Waals surface area (Å²) in [6, 6.07) is -0.704. The zero-order valence-corrected chi connectivity index (χ0v) is 11.1. The van der Waals surface area contributed by atoms with Crippen LogP contribution in [-0.4, -0.2) is 57.7 Å². The summed E-state index contributed by atoms with van der Waals surface area (Å²) >= 11 is 1.52. The molecule has 3 rings (SSSR count). The zero-order chi connectivity index (χ0) is 12.7. The lowest BCUT2D eigenvalue weighted by molar-refractivity contribution is -0.140. The minimum absolute atomic E-state index is 0.0678. The fraction of sp³-hybridized carbons (Fsp3) is 0.833. The van der Waals surface area contributed by atoms with E-state index in [1.165, 1.54) is 35.9 Å². The molecule has 2 aliphatic heterocycles. The van der Waals surface area contributed by atoms with Gasteiger partial charge in [-0.1, -0.05) is 6.42 Å². The maximum Gasteiger partial charge on any atom is 0.327 e. The fourth-order valence-electron chi connectivity index (χ4n) is 3.41. The molecule has 1 saturated carbocycles. The molecular formula is C12H18N2O3S. The average Bonchev–Trinajstić information content (AvgIpc) is 3.02.